The maximum Gasteiger partial charge on any atom is 0.103 e. The molecule has 0 aliphatic rings. The molecule has 19 heavy (non-hydrogen) atoms. The molecule has 0 radical (unpaired) electrons. The molecule has 0 amide bonds. The van der Waals surface area contributed by atoms with Gasteiger partial charge in [0.2, 0.25) is 0 Å². The number of hydrogen-bond donors (Lipinski definition) is 1. The predicted molar refractivity (Wildman–Crippen MR) is 85.8 cm³/mol. The first kappa shape index (κ1) is 14.1. The van der Waals surface area contributed by atoms with E-state index in [4.69, 9.17) is 0 Å². The van der Waals surface area contributed by atoms with E-state index in [-0.39, 0.29) is 0 Å². The van der Waals surface area contributed by atoms with Gasteiger partial charge in [-0.05, 0) is 65.2 Å². The van der Waals surface area contributed by atoms with Crippen LogP contribution in [0.2, 0.25) is 0 Å². The zero-order valence-corrected chi connectivity index (χ0v) is 13.8. The summed E-state index contributed by atoms with van der Waals surface area (Å²) in [5.41, 5.74) is 4.72. The van der Waals surface area contributed by atoms with Gasteiger partial charge in [0.25, 0.3) is 0 Å². The molecule has 0 saturated heterocycles. The molecule has 96 valence electrons. The molecule has 1 N–H and O–H groups in total. The average molecular weight is 380 g/mol. The third kappa shape index (κ3) is 2.99. The zero-order valence-electron chi connectivity index (χ0n) is 10.6. The van der Waals surface area contributed by atoms with Crippen molar-refractivity contribution in [1.82, 2.24) is 0 Å². The third-order valence-corrected chi connectivity index (χ3v) is 4.75. The summed E-state index contributed by atoms with van der Waals surface area (Å²) in [4.78, 5) is 0. The molecule has 0 saturated carbocycles. The SMILES string of the molecule is Cc1cc(Nc2cccc(Br)c2C#N)cc(C)c1Br. The Morgan fingerprint density at radius 3 is 2.32 bits per heavy atom. The van der Waals surface area contributed by atoms with E-state index in [1.807, 2.05) is 32.0 Å². The Morgan fingerprint density at radius 2 is 1.74 bits per heavy atom. The fraction of sp³-hybridized carbons (Fsp3) is 0.133. The van der Waals surface area contributed by atoms with Gasteiger partial charge in [0.1, 0.15) is 6.07 Å². The second-order valence-electron chi connectivity index (χ2n) is 4.32. The van der Waals surface area contributed by atoms with Crippen molar-refractivity contribution in [2.45, 2.75) is 13.8 Å². The molecule has 2 rings (SSSR count). The molecule has 0 aromatic heterocycles. The Labute approximate surface area is 129 Å². The van der Waals surface area contributed by atoms with Crippen molar-refractivity contribution in [2.24, 2.45) is 0 Å². The Morgan fingerprint density at radius 1 is 1.11 bits per heavy atom. The first-order valence-corrected chi connectivity index (χ1v) is 7.34. The maximum atomic E-state index is 9.20. The van der Waals surface area contributed by atoms with Gasteiger partial charge in [-0.25, -0.2) is 0 Å². The van der Waals surface area contributed by atoms with Gasteiger partial charge in [-0.2, -0.15) is 5.26 Å². The number of nitrogens with zero attached hydrogens (tertiary/aromatic N) is 1. The molecular formula is C15H12Br2N2. The van der Waals surface area contributed by atoms with Gasteiger partial charge >= 0.3 is 0 Å². The second kappa shape index (κ2) is 5.77. The van der Waals surface area contributed by atoms with Crippen molar-refractivity contribution in [3.8, 4) is 6.07 Å². The fourth-order valence-electron chi connectivity index (χ4n) is 1.92. The molecule has 2 aromatic carbocycles. The minimum Gasteiger partial charge on any atom is -0.354 e. The Bertz CT molecular complexity index is 649. The molecule has 0 fully saturated rings. The standard InChI is InChI=1S/C15H12Br2N2/c1-9-6-11(7-10(2)15(9)17)19-14-5-3-4-13(16)12(14)8-18/h3-7,19H,1-2H3. The van der Waals surface area contributed by atoms with E-state index in [0.29, 0.717) is 5.56 Å². The van der Waals surface area contributed by atoms with Crippen LogP contribution in [0.25, 0.3) is 0 Å². The minimum atomic E-state index is 0.612. The van der Waals surface area contributed by atoms with Gasteiger partial charge in [-0.3, -0.25) is 0 Å². The minimum absolute atomic E-state index is 0.612. The van der Waals surface area contributed by atoms with Gasteiger partial charge in [0.05, 0.1) is 11.3 Å². The molecule has 4 heteroatoms. The molecule has 0 heterocycles. The highest BCUT2D eigenvalue weighted by Gasteiger charge is 2.08. The van der Waals surface area contributed by atoms with Gasteiger partial charge in [-0.15, -0.1) is 0 Å². The first-order chi connectivity index (χ1) is 9.02. The maximum absolute atomic E-state index is 9.20. The van der Waals surface area contributed by atoms with Crippen molar-refractivity contribution in [3.63, 3.8) is 0 Å². The number of nitriles is 1. The lowest BCUT2D eigenvalue weighted by molar-refractivity contribution is 1.33. The van der Waals surface area contributed by atoms with Crippen LogP contribution in [0.4, 0.5) is 11.4 Å². The first-order valence-electron chi connectivity index (χ1n) is 5.75. The number of aryl methyl sites for hydroxylation is 2. The van der Waals surface area contributed by atoms with Gasteiger partial charge in [-0.1, -0.05) is 22.0 Å². The van der Waals surface area contributed by atoms with Crippen molar-refractivity contribution < 1.29 is 0 Å². The zero-order chi connectivity index (χ0) is 14.0. The Balaban J connectivity index is 2.43. The molecule has 0 aliphatic carbocycles. The highest BCUT2D eigenvalue weighted by molar-refractivity contribution is 9.10. The Kier molecular flexibility index (Phi) is 4.28. The summed E-state index contributed by atoms with van der Waals surface area (Å²) >= 11 is 6.94. The number of halogens is 2. The molecule has 2 nitrogen and oxygen atoms in total. The Hall–Kier alpha value is -1.31. The van der Waals surface area contributed by atoms with E-state index in [2.05, 4.69) is 55.4 Å². The summed E-state index contributed by atoms with van der Waals surface area (Å²) in [5.74, 6) is 0. The van der Waals surface area contributed by atoms with E-state index in [0.717, 1.165) is 31.4 Å². The fourth-order valence-corrected chi connectivity index (χ4v) is 2.60. The average Bonchev–Trinajstić information content (AvgIpc) is 2.36. The summed E-state index contributed by atoms with van der Waals surface area (Å²) in [6.07, 6.45) is 0. The monoisotopic (exact) mass is 378 g/mol. The smallest absolute Gasteiger partial charge is 0.103 e. The molecule has 0 aliphatic heterocycles. The van der Waals surface area contributed by atoms with E-state index in [1.54, 1.807) is 0 Å². The number of anilines is 2. The second-order valence-corrected chi connectivity index (χ2v) is 5.97. The van der Waals surface area contributed by atoms with E-state index < -0.39 is 0 Å². The van der Waals surface area contributed by atoms with Crippen LogP contribution in [-0.2, 0) is 0 Å². The molecule has 0 unspecified atom stereocenters. The molecule has 0 bridgehead atoms. The molecule has 0 spiro atoms. The van der Waals surface area contributed by atoms with Crippen LogP contribution in [0, 0.1) is 25.2 Å². The molecular weight excluding hydrogens is 368 g/mol. The van der Waals surface area contributed by atoms with Crippen LogP contribution in [0.3, 0.4) is 0 Å². The van der Waals surface area contributed by atoms with Gasteiger partial charge < -0.3 is 5.32 Å². The number of benzene rings is 2. The van der Waals surface area contributed by atoms with Crippen LogP contribution >= 0.6 is 31.9 Å². The summed E-state index contributed by atoms with van der Waals surface area (Å²) in [7, 11) is 0. The highest BCUT2D eigenvalue weighted by atomic mass is 79.9. The lowest BCUT2D eigenvalue weighted by Gasteiger charge is -2.12. The predicted octanol–water partition coefficient (Wildman–Crippen LogP) is 5.44. The van der Waals surface area contributed by atoms with Crippen LogP contribution in [0.1, 0.15) is 16.7 Å². The highest BCUT2D eigenvalue weighted by Crippen LogP contribution is 2.30. The van der Waals surface area contributed by atoms with Gasteiger partial charge in [0, 0.05) is 14.6 Å². The number of hydrogen-bond acceptors (Lipinski definition) is 2. The van der Waals surface area contributed by atoms with Crippen LogP contribution in [0.5, 0.6) is 0 Å². The topological polar surface area (TPSA) is 35.8 Å². The van der Waals surface area contributed by atoms with E-state index >= 15 is 0 Å². The van der Waals surface area contributed by atoms with Crippen molar-refractivity contribution in [2.75, 3.05) is 5.32 Å². The summed E-state index contributed by atoms with van der Waals surface area (Å²) in [6.45, 7) is 4.10. The molecule has 2 aromatic rings. The van der Waals surface area contributed by atoms with Crippen LogP contribution in [0.15, 0.2) is 39.3 Å². The number of rotatable bonds is 2. The quantitative estimate of drug-likeness (QED) is 0.753. The lowest BCUT2D eigenvalue weighted by atomic mass is 10.1. The van der Waals surface area contributed by atoms with Crippen molar-refractivity contribution in [1.29, 1.82) is 5.26 Å². The van der Waals surface area contributed by atoms with E-state index in [9.17, 15) is 5.26 Å². The summed E-state index contributed by atoms with van der Waals surface area (Å²) in [5, 5.41) is 12.5. The summed E-state index contributed by atoms with van der Waals surface area (Å²) in [6, 6.07) is 12.0. The molecule has 0 atom stereocenters. The normalized spacial score (nSPS) is 10.1. The van der Waals surface area contributed by atoms with Crippen LogP contribution < -0.4 is 5.32 Å². The third-order valence-electron chi connectivity index (χ3n) is 2.84. The van der Waals surface area contributed by atoms with Gasteiger partial charge in [0.15, 0.2) is 0 Å². The van der Waals surface area contributed by atoms with Crippen LogP contribution in [-0.4, -0.2) is 0 Å². The van der Waals surface area contributed by atoms with Crippen molar-refractivity contribution >= 4 is 43.2 Å². The van der Waals surface area contributed by atoms with E-state index in [1.165, 1.54) is 0 Å². The van der Waals surface area contributed by atoms with Crippen molar-refractivity contribution in [3.05, 3.63) is 56.0 Å². The largest absolute Gasteiger partial charge is 0.354 e. The number of nitrogens with one attached hydrogen (secondary N) is 1. The summed E-state index contributed by atoms with van der Waals surface area (Å²) < 4.78 is 1.92. The lowest BCUT2D eigenvalue weighted by Crippen LogP contribution is -1.96.